The SMILES string of the molecule is CCCCCCCCCCCCCCCCCC(=O)OC(=O)O.[PbH2].[PbH2]. The fourth-order valence-corrected chi connectivity index (χ4v) is 2.79. The molecule has 148 valence electrons. The molecular formula is C19H40O4Pb2. The number of hydrogen-bond acceptors (Lipinski definition) is 3. The summed E-state index contributed by atoms with van der Waals surface area (Å²) in [5.41, 5.74) is 0. The fraction of sp³-hybridized carbons (Fsp3) is 0.895. The van der Waals surface area contributed by atoms with Gasteiger partial charge in [-0.25, -0.2) is 4.79 Å². The topological polar surface area (TPSA) is 63.6 Å². The maximum absolute atomic E-state index is 11.0. The number of carboxylic acid groups (broad SMARTS) is 1. The standard InChI is InChI=1S/C19H36O4.2Pb.4H/c1-2-3-4-5-6-7-8-9-10-11-12-13-14-15-16-17-18(20)23-19(21)22;;;;;;/h2-17H2,1H3,(H,21,22);;;;;;. The van der Waals surface area contributed by atoms with Crippen LogP contribution in [-0.2, 0) is 9.53 Å². The third-order valence-electron chi connectivity index (χ3n) is 4.19. The second kappa shape index (κ2) is 24.8. The molecule has 0 atom stereocenters. The first-order valence-corrected chi connectivity index (χ1v) is 9.60. The molecule has 0 aliphatic rings. The van der Waals surface area contributed by atoms with Crippen molar-refractivity contribution >= 4 is 66.7 Å². The van der Waals surface area contributed by atoms with Crippen LogP contribution < -0.4 is 0 Å². The van der Waals surface area contributed by atoms with Crippen molar-refractivity contribution in [1.82, 2.24) is 0 Å². The summed E-state index contributed by atoms with van der Waals surface area (Å²) in [5.74, 6) is -0.632. The van der Waals surface area contributed by atoms with Gasteiger partial charge in [0.15, 0.2) is 0 Å². The zero-order valence-electron chi connectivity index (χ0n) is 16.4. The summed E-state index contributed by atoms with van der Waals surface area (Å²) in [6, 6.07) is 0. The maximum atomic E-state index is 11.0. The van der Waals surface area contributed by atoms with Crippen LogP contribution in [0.4, 0.5) is 4.79 Å². The molecule has 4 nitrogen and oxygen atoms in total. The number of ether oxygens (including phenoxy) is 1. The molecule has 6 heteroatoms. The molecule has 25 heavy (non-hydrogen) atoms. The number of unbranched alkanes of at least 4 members (excludes halogenated alkanes) is 14. The zero-order valence-corrected chi connectivity index (χ0v) is 27.4. The Hall–Kier alpha value is 0.784. The Morgan fingerprint density at radius 3 is 1.28 bits per heavy atom. The second-order valence-electron chi connectivity index (χ2n) is 6.44. The first kappa shape index (κ1) is 30.5. The van der Waals surface area contributed by atoms with E-state index in [1.807, 2.05) is 0 Å². The van der Waals surface area contributed by atoms with Crippen LogP contribution >= 0.6 is 0 Å². The average molecular weight is 747 g/mol. The van der Waals surface area contributed by atoms with Gasteiger partial charge >= 0.3 is 66.7 Å². The summed E-state index contributed by atoms with van der Waals surface area (Å²) in [6.07, 6.45) is 17.8. The Kier molecular flexibility index (Phi) is 30.2. The molecule has 0 heterocycles. The quantitative estimate of drug-likeness (QED) is 0.108. The molecule has 0 saturated heterocycles. The van der Waals surface area contributed by atoms with E-state index in [9.17, 15) is 9.59 Å². The summed E-state index contributed by atoms with van der Waals surface area (Å²) in [4.78, 5) is 21.1. The van der Waals surface area contributed by atoms with Crippen LogP contribution in [0, 0.1) is 0 Å². The summed E-state index contributed by atoms with van der Waals surface area (Å²) in [7, 11) is 0. The Morgan fingerprint density at radius 1 is 0.640 bits per heavy atom. The van der Waals surface area contributed by atoms with Crippen LogP contribution in [0.15, 0.2) is 0 Å². The van der Waals surface area contributed by atoms with Gasteiger partial charge in [-0.2, -0.15) is 0 Å². The van der Waals surface area contributed by atoms with Gasteiger partial charge in [0.05, 0.1) is 0 Å². The average Bonchev–Trinajstić information content (AvgIpc) is 2.50. The van der Waals surface area contributed by atoms with Gasteiger partial charge < -0.3 is 9.84 Å². The minimum absolute atomic E-state index is 0. The van der Waals surface area contributed by atoms with Gasteiger partial charge in [-0.1, -0.05) is 96.8 Å². The first-order chi connectivity index (χ1) is 11.2. The van der Waals surface area contributed by atoms with E-state index in [2.05, 4.69) is 11.7 Å². The second-order valence-corrected chi connectivity index (χ2v) is 6.44. The van der Waals surface area contributed by atoms with Crippen molar-refractivity contribution in [3.05, 3.63) is 0 Å². The van der Waals surface area contributed by atoms with Crippen LogP contribution in [0.25, 0.3) is 0 Å². The van der Waals surface area contributed by atoms with Gasteiger partial charge in [-0.05, 0) is 6.42 Å². The van der Waals surface area contributed by atoms with E-state index < -0.39 is 12.1 Å². The van der Waals surface area contributed by atoms with Crippen molar-refractivity contribution in [2.75, 3.05) is 0 Å². The van der Waals surface area contributed by atoms with Crippen LogP contribution in [-0.4, -0.2) is 71.8 Å². The van der Waals surface area contributed by atoms with E-state index in [0.29, 0.717) is 0 Å². The number of esters is 1. The predicted octanol–water partition coefficient (Wildman–Crippen LogP) is 4.64. The predicted molar refractivity (Wildman–Crippen MR) is 111 cm³/mol. The summed E-state index contributed by atoms with van der Waals surface area (Å²) in [6.45, 7) is 2.26. The van der Waals surface area contributed by atoms with Gasteiger partial charge in [0.25, 0.3) is 0 Å². The Bertz CT molecular complexity index is 299. The molecule has 0 unspecified atom stereocenters. The molecule has 0 aromatic carbocycles. The minimum atomic E-state index is -1.50. The van der Waals surface area contributed by atoms with E-state index >= 15 is 0 Å². The van der Waals surface area contributed by atoms with E-state index in [4.69, 9.17) is 5.11 Å². The van der Waals surface area contributed by atoms with E-state index in [1.54, 1.807) is 0 Å². The summed E-state index contributed by atoms with van der Waals surface area (Å²) >= 11 is 0. The van der Waals surface area contributed by atoms with Crippen molar-refractivity contribution in [3.8, 4) is 0 Å². The molecule has 0 saturated carbocycles. The fourth-order valence-electron chi connectivity index (χ4n) is 2.79. The van der Waals surface area contributed by atoms with Gasteiger partial charge in [0.2, 0.25) is 0 Å². The number of carbonyl (C=O) groups excluding carboxylic acids is 1. The molecule has 0 aromatic rings. The van der Waals surface area contributed by atoms with E-state index in [0.717, 1.165) is 19.3 Å². The van der Waals surface area contributed by atoms with Crippen LogP contribution in [0.5, 0.6) is 0 Å². The van der Waals surface area contributed by atoms with Crippen LogP contribution in [0.2, 0.25) is 0 Å². The Balaban J connectivity index is -0.00000242. The van der Waals surface area contributed by atoms with Gasteiger partial charge in [-0.3, -0.25) is 4.79 Å². The van der Waals surface area contributed by atoms with Crippen molar-refractivity contribution < 1.29 is 19.4 Å². The number of carbonyl (C=O) groups is 2. The molecule has 0 aromatic heterocycles. The Morgan fingerprint density at radius 2 is 0.960 bits per heavy atom. The van der Waals surface area contributed by atoms with Crippen molar-refractivity contribution in [1.29, 1.82) is 0 Å². The molecule has 0 amide bonds. The summed E-state index contributed by atoms with van der Waals surface area (Å²) in [5, 5.41) is 8.27. The van der Waals surface area contributed by atoms with Gasteiger partial charge in [0.1, 0.15) is 0 Å². The number of hydrogen-bond donors (Lipinski definition) is 1. The molecular weight excluding hydrogens is 707 g/mol. The molecule has 0 fully saturated rings. The molecule has 4 radical (unpaired) electrons. The zero-order chi connectivity index (χ0) is 17.2. The van der Waals surface area contributed by atoms with Gasteiger partial charge in [-0.15, -0.1) is 0 Å². The van der Waals surface area contributed by atoms with Crippen molar-refractivity contribution in [3.63, 3.8) is 0 Å². The van der Waals surface area contributed by atoms with Crippen molar-refractivity contribution in [2.24, 2.45) is 0 Å². The Labute approximate surface area is 194 Å². The van der Waals surface area contributed by atoms with Crippen LogP contribution in [0.3, 0.4) is 0 Å². The number of rotatable bonds is 16. The summed E-state index contributed by atoms with van der Waals surface area (Å²) < 4.78 is 4.05. The first-order valence-electron chi connectivity index (χ1n) is 9.60. The molecule has 0 rings (SSSR count). The van der Waals surface area contributed by atoms with E-state index in [1.165, 1.54) is 77.0 Å². The molecule has 0 spiro atoms. The molecule has 0 aliphatic heterocycles. The van der Waals surface area contributed by atoms with Crippen LogP contribution in [0.1, 0.15) is 110 Å². The normalized spacial score (nSPS) is 9.80. The molecule has 0 bridgehead atoms. The third-order valence-corrected chi connectivity index (χ3v) is 4.19. The van der Waals surface area contributed by atoms with Crippen molar-refractivity contribution in [2.45, 2.75) is 110 Å². The molecule has 1 N–H and O–H groups in total. The monoisotopic (exact) mass is 748 g/mol. The third kappa shape index (κ3) is 27.1. The van der Waals surface area contributed by atoms with E-state index in [-0.39, 0.29) is 61.0 Å². The molecule has 0 aliphatic carbocycles. The van der Waals surface area contributed by atoms with Gasteiger partial charge in [0, 0.05) is 6.42 Å².